The molecule has 2 saturated heterocycles. The molecular weight excluding hydrogens is 322 g/mol. The van der Waals surface area contributed by atoms with E-state index in [0.29, 0.717) is 6.54 Å². The van der Waals surface area contributed by atoms with Crippen molar-refractivity contribution in [3.63, 3.8) is 0 Å². The number of nitrogens with one attached hydrogen (secondary N) is 3. The zero-order valence-electron chi connectivity index (χ0n) is 14.1. The molecule has 1 atom stereocenters. The minimum absolute atomic E-state index is 0.158. The fourth-order valence-corrected chi connectivity index (χ4v) is 3.06. The average Bonchev–Trinajstić information content (AvgIpc) is 2.96. The first-order valence-corrected chi connectivity index (χ1v) is 8.70. The minimum atomic E-state index is -0.622. The molecule has 4 amide bonds. The number of hydrogen-bond donors (Lipinski definition) is 3. The molecule has 0 spiro atoms. The van der Waals surface area contributed by atoms with Crippen LogP contribution < -0.4 is 20.9 Å². The summed E-state index contributed by atoms with van der Waals surface area (Å²) in [5, 5.41) is 7.43. The Kier molecular flexibility index (Phi) is 5.47. The smallest absolute Gasteiger partial charge is 0.322 e. The molecule has 2 aliphatic heterocycles. The van der Waals surface area contributed by atoms with Crippen LogP contribution in [0.1, 0.15) is 37.7 Å². The monoisotopic (exact) mass is 345 g/mol. The number of nitrogens with zero attached hydrogens (tertiary/aromatic N) is 2. The van der Waals surface area contributed by atoms with Crippen molar-refractivity contribution in [2.24, 2.45) is 0 Å². The van der Waals surface area contributed by atoms with Crippen molar-refractivity contribution in [3.8, 4) is 0 Å². The van der Waals surface area contributed by atoms with Gasteiger partial charge in [-0.1, -0.05) is 6.07 Å². The van der Waals surface area contributed by atoms with E-state index in [1.807, 2.05) is 12.1 Å². The first-order valence-electron chi connectivity index (χ1n) is 8.70. The van der Waals surface area contributed by atoms with E-state index in [-0.39, 0.29) is 24.7 Å². The highest BCUT2D eigenvalue weighted by atomic mass is 16.2. The maximum absolute atomic E-state index is 11.9. The maximum atomic E-state index is 11.9. The second-order valence-corrected chi connectivity index (χ2v) is 6.40. The molecule has 0 radical (unpaired) electrons. The number of anilines is 1. The lowest BCUT2D eigenvalue weighted by atomic mass is 10.1. The van der Waals surface area contributed by atoms with E-state index < -0.39 is 12.1 Å². The minimum Gasteiger partial charge on any atom is -0.357 e. The largest absolute Gasteiger partial charge is 0.357 e. The summed E-state index contributed by atoms with van der Waals surface area (Å²) in [7, 11) is 0. The lowest BCUT2D eigenvalue weighted by Gasteiger charge is -2.27. The zero-order chi connectivity index (χ0) is 17.6. The van der Waals surface area contributed by atoms with Crippen molar-refractivity contribution < 1.29 is 14.4 Å². The summed E-state index contributed by atoms with van der Waals surface area (Å²) in [6.45, 7) is 2.50. The predicted molar refractivity (Wildman–Crippen MR) is 91.8 cm³/mol. The molecule has 2 fully saturated rings. The predicted octanol–water partition coefficient (Wildman–Crippen LogP) is 0.676. The molecule has 8 nitrogen and oxygen atoms in total. The average molecular weight is 345 g/mol. The van der Waals surface area contributed by atoms with E-state index in [4.69, 9.17) is 0 Å². The third kappa shape index (κ3) is 4.68. The second-order valence-electron chi connectivity index (χ2n) is 6.40. The lowest BCUT2D eigenvalue weighted by Crippen LogP contribution is -2.31. The SMILES string of the molecule is O=C(CC[C@@H]1NC(=O)NC1=O)NCc1ccc(N2CCCCC2)nc1. The van der Waals surface area contributed by atoms with E-state index in [9.17, 15) is 14.4 Å². The van der Waals surface area contributed by atoms with Gasteiger partial charge < -0.3 is 15.5 Å². The normalized spacial score (nSPS) is 20.2. The van der Waals surface area contributed by atoms with Crippen LogP contribution >= 0.6 is 0 Å². The number of urea groups is 1. The fraction of sp³-hybridized carbons (Fsp3) is 0.529. The van der Waals surface area contributed by atoms with Gasteiger partial charge in [-0.05, 0) is 37.3 Å². The number of rotatable bonds is 6. The van der Waals surface area contributed by atoms with Crippen LogP contribution in [0.3, 0.4) is 0 Å². The van der Waals surface area contributed by atoms with Crippen LogP contribution in [0.4, 0.5) is 10.6 Å². The van der Waals surface area contributed by atoms with Crippen LogP contribution in [0.15, 0.2) is 18.3 Å². The van der Waals surface area contributed by atoms with Gasteiger partial charge in [0.05, 0.1) is 0 Å². The molecule has 2 aliphatic rings. The van der Waals surface area contributed by atoms with Crippen LogP contribution in [0.2, 0.25) is 0 Å². The van der Waals surface area contributed by atoms with Crippen LogP contribution in [0.5, 0.6) is 0 Å². The Bertz CT molecular complexity index is 640. The molecule has 134 valence electrons. The first-order chi connectivity index (χ1) is 12.1. The van der Waals surface area contributed by atoms with Gasteiger partial charge >= 0.3 is 6.03 Å². The number of carbonyl (C=O) groups is 3. The van der Waals surface area contributed by atoms with Gasteiger partial charge in [0.2, 0.25) is 5.91 Å². The topological polar surface area (TPSA) is 103 Å². The molecule has 1 aromatic heterocycles. The van der Waals surface area contributed by atoms with E-state index in [1.54, 1.807) is 6.20 Å². The molecule has 0 saturated carbocycles. The molecule has 0 aliphatic carbocycles. The molecule has 1 aromatic rings. The molecule has 0 aromatic carbocycles. The molecule has 0 bridgehead atoms. The maximum Gasteiger partial charge on any atom is 0.322 e. The van der Waals surface area contributed by atoms with Crippen molar-refractivity contribution in [1.82, 2.24) is 20.9 Å². The number of hydrogen-bond acceptors (Lipinski definition) is 5. The van der Waals surface area contributed by atoms with E-state index in [1.165, 1.54) is 19.3 Å². The van der Waals surface area contributed by atoms with Gasteiger partial charge in [-0.3, -0.25) is 14.9 Å². The Morgan fingerprint density at radius 1 is 1.24 bits per heavy atom. The van der Waals surface area contributed by atoms with Gasteiger partial charge in [-0.15, -0.1) is 0 Å². The summed E-state index contributed by atoms with van der Waals surface area (Å²) >= 11 is 0. The standard InChI is InChI=1S/C17H23N5O3/c23-15(7-5-13-16(24)21-17(25)20-13)19-11-12-4-6-14(18-10-12)22-8-2-1-3-9-22/h4,6,10,13H,1-3,5,7-9,11H2,(H,19,23)(H2,20,21,24,25)/t13-/m0/s1. The number of piperidine rings is 1. The highest BCUT2D eigenvalue weighted by molar-refractivity contribution is 6.04. The van der Waals surface area contributed by atoms with Gasteiger partial charge in [0, 0.05) is 32.3 Å². The molecule has 3 N–H and O–H groups in total. The Labute approximate surface area is 146 Å². The summed E-state index contributed by atoms with van der Waals surface area (Å²) in [6, 6.07) is 2.84. The van der Waals surface area contributed by atoms with E-state index in [2.05, 4.69) is 25.8 Å². The summed E-state index contributed by atoms with van der Waals surface area (Å²) < 4.78 is 0. The number of pyridine rings is 1. The van der Waals surface area contributed by atoms with Crippen molar-refractivity contribution in [1.29, 1.82) is 0 Å². The number of aromatic nitrogens is 1. The Morgan fingerprint density at radius 3 is 2.68 bits per heavy atom. The number of carbonyl (C=O) groups excluding carboxylic acids is 3. The quantitative estimate of drug-likeness (QED) is 0.658. The highest BCUT2D eigenvalue weighted by Crippen LogP contribution is 2.17. The van der Waals surface area contributed by atoms with Gasteiger partial charge in [-0.2, -0.15) is 0 Å². The number of imide groups is 1. The Morgan fingerprint density at radius 2 is 2.04 bits per heavy atom. The van der Waals surface area contributed by atoms with Gasteiger partial charge in [0.15, 0.2) is 0 Å². The van der Waals surface area contributed by atoms with Gasteiger partial charge in [-0.25, -0.2) is 9.78 Å². The summed E-state index contributed by atoms with van der Waals surface area (Å²) in [5.74, 6) is 0.446. The Balaban J connectivity index is 1.41. The molecule has 8 heteroatoms. The van der Waals surface area contributed by atoms with Crippen LogP contribution in [0.25, 0.3) is 0 Å². The third-order valence-electron chi connectivity index (χ3n) is 4.50. The Hall–Kier alpha value is -2.64. The fourth-order valence-electron chi connectivity index (χ4n) is 3.06. The molecular formula is C17H23N5O3. The number of amides is 4. The third-order valence-corrected chi connectivity index (χ3v) is 4.50. The summed E-state index contributed by atoms with van der Waals surface area (Å²) in [5.41, 5.74) is 0.932. The molecule has 3 rings (SSSR count). The van der Waals surface area contributed by atoms with Crippen LogP contribution in [0, 0.1) is 0 Å². The molecule has 3 heterocycles. The molecule has 25 heavy (non-hydrogen) atoms. The van der Waals surface area contributed by atoms with E-state index in [0.717, 1.165) is 24.5 Å². The van der Waals surface area contributed by atoms with Crippen molar-refractivity contribution in [2.45, 2.75) is 44.7 Å². The van der Waals surface area contributed by atoms with Crippen LogP contribution in [-0.4, -0.2) is 42.0 Å². The van der Waals surface area contributed by atoms with Crippen molar-refractivity contribution >= 4 is 23.7 Å². The van der Waals surface area contributed by atoms with Crippen molar-refractivity contribution in [2.75, 3.05) is 18.0 Å². The van der Waals surface area contributed by atoms with E-state index >= 15 is 0 Å². The second kappa shape index (κ2) is 7.96. The van der Waals surface area contributed by atoms with Gasteiger partial charge in [0.1, 0.15) is 11.9 Å². The molecule has 0 unspecified atom stereocenters. The van der Waals surface area contributed by atoms with Gasteiger partial charge in [0.25, 0.3) is 5.91 Å². The first kappa shape index (κ1) is 17.2. The summed E-state index contributed by atoms with van der Waals surface area (Å²) in [6.07, 6.45) is 5.95. The van der Waals surface area contributed by atoms with Crippen molar-refractivity contribution in [3.05, 3.63) is 23.9 Å². The lowest BCUT2D eigenvalue weighted by molar-refractivity contribution is -0.122. The zero-order valence-corrected chi connectivity index (χ0v) is 14.1. The van der Waals surface area contributed by atoms with Crippen LogP contribution in [-0.2, 0) is 16.1 Å². The summed E-state index contributed by atoms with van der Waals surface area (Å²) in [4.78, 5) is 41.1. The highest BCUT2D eigenvalue weighted by Gasteiger charge is 2.29.